The first-order valence-corrected chi connectivity index (χ1v) is 4.96. The fraction of sp³-hybridized carbons (Fsp3) is 0.400. The lowest BCUT2D eigenvalue weighted by Crippen LogP contribution is -2.26. The number of rotatable bonds is 7. The van der Waals surface area contributed by atoms with Crippen LogP contribution in [0, 0.1) is 0 Å². The number of nitrogens with one attached hydrogen (secondary N) is 1. The minimum Gasteiger partial charge on any atom is -0.380 e. The Kier molecular flexibility index (Phi) is 6.09. The molecule has 1 aromatic rings. The van der Waals surface area contributed by atoms with Crippen molar-refractivity contribution in [3.05, 3.63) is 30.1 Å². The SMILES string of the molecule is NNOC(=O)CCOCCc1ccccn1. The van der Waals surface area contributed by atoms with Gasteiger partial charge in [-0.15, -0.1) is 0 Å². The van der Waals surface area contributed by atoms with Crippen molar-refractivity contribution in [2.75, 3.05) is 13.2 Å². The number of pyridine rings is 1. The van der Waals surface area contributed by atoms with Crippen LogP contribution in [0.25, 0.3) is 0 Å². The number of hydrogen-bond acceptors (Lipinski definition) is 6. The van der Waals surface area contributed by atoms with Crippen molar-refractivity contribution in [3.8, 4) is 0 Å². The molecule has 0 spiro atoms. The topological polar surface area (TPSA) is 86.5 Å². The van der Waals surface area contributed by atoms with Gasteiger partial charge in [-0.3, -0.25) is 9.78 Å². The summed E-state index contributed by atoms with van der Waals surface area (Å²) in [4.78, 5) is 19.3. The van der Waals surface area contributed by atoms with E-state index in [4.69, 9.17) is 10.6 Å². The first kappa shape index (κ1) is 12.6. The first-order valence-electron chi connectivity index (χ1n) is 4.96. The third kappa shape index (κ3) is 5.40. The molecule has 6 heteroatoms. The van der Waals surface area contributed by atoms with Crippen LogP contribution in [0.15, 0.2) is 24.4 Å². The Bertz CT molecular complexity index is 305. The quantitative estimate of drug-likeness (QED) is 0.384. The van der Waals surface area contributed by atoms with Gasteiger partial charge in [0.25, 0.3) is 0 Å². The smallest absolute Gasteiger partial charge is 0.328 e. The van der Waals surface area contributed by atoms with E-state index < -0.39 is 5.97 Å². The second kappa shape index (κ2) is 7.75. The number of nitrogens with zero attached hydrogens (tertiary/aromatic N) is 1. The second-order valence-electron chi connectivity index (χ2n) is 3.03. The maximum atomic E-state index is 10.8. The Morgan fingerprint density at radius 3 is 3.00 bits per heavy atom. The van der Waals surface area contributed by atoms with Crippen LogP contribution in [0.4, 0.5) is 0 Å². The summed E-state index contributed by atoms with van der Waals surface area (Å²) in [7, 11) is 0. The van der Waals surface area contributed by atoms with Crippen molar-refractivity contribution in [2.45, 2.75) is 12.8 Å². The Balaban J connectivity index is 2.02. The molecule has 1 aromatic heterocycles. The van der Waals surface area contributed by atoms with Crippen molar-refractivity contribution in [3.63, 3.8) is 0 Å². The number of hydrogen-bond donors (Lipinski definition) is 2. The molecule has 0 radical (unpaired) electrons. The number of carbonyl (C=O) groups excluding carboxylic acids is 1. The highest BCUT2D eigenvalue weighted by Gasteiger charge is 2.01. The number of carbonyl (C=O) groups is 1. The molecule has 0 aromatic carbocycles. The van der Waals surface area contributed by atoms with E-state index >= 15 is 0 Å². The van der Waals surface area contributed by atoms with Gasteiger partial charge in [-0.2, -0.15) is 0 Å². The third-order valence-electron chi connectivity index (χ3n) is 1.85. The number of aromatic nitrogens is 1. The Hall–Kier alpha value is -1.50. The monoisotopic (exact) mass is 225 g/mol. The molecule has 0 saturated carbocycles. The van der Waals surface area contributed by atoms with Gasteiger partial charge in [0.15, 0.2) is 0 Å². The molecule has 0 atom stereocenters. The summed E-state index contributed by atoms with van der Waals surface area (Å²) in [5.41, 5.74) is 2.79. The van der Waals surface area contributed by atoms with E-state index in [0.29, 0.717) is 13.2 Å². The number of nitrogens with two attached hydrogens (primary N) is 1. The van der Waals surface area contributed by atoms with Crippen molar-refractivity contribution >= 4 is 5.97 Å². The summed E-state index contributed by atoms with van der Waals surface area (Å²) >= 11 is 0. The highest BCUT2D eigenvalue weighted by molar-refractivity contribution is 5.69. The Labute approximate surface area is 93.7 Å². The van der Waals surface area contributed by atoms with E-state index in [2.05, 4.69) is 9.82 Å². The fourth-order valence-corrected chi connectivity index (χ4v) is 1.10. The molecule has 0 bridgehead atoms. The third-order valence-corrected chi connectivity index (χ3v) is 1.85. The molecule has 0 aliphatic rings. The summed E-state index contributed by atoms with van der Waals surface area (Å²) in [5, 5.41) is 0. The highest BCUT2D eigenvalue weighted by Crippen LogP contribution is 1.95. The minimum absolute atomic E-state index is 0.173. The standard InChI is InChI=1S/C10H15N3O3/c11-13-16-10(14)5-8-15-7-4-9-3-1-2-6-12-9/h1-3,6,13H,4-5,7-8,11H2. The van der Waals surface area contributed by atoms with Gasteiger partial charge in [-0.1, -0.05) is 11.7 Å². The molecule has 0 aliphatic carbocycles. The lowest BCUT2D eigenvalue weighted by molar-refractivity contribution is -0.152. The molecule has 88 valence electrons. The summed E-state index contributed by atoms with van der Waals surface area (Å²) < 4.78 is 5.25. The van der Waals surface area contributed by atoms with E-state index in [1.165, 1.54) is 0 Å². The van der Waals surface area contributed by atoms with E-state index in [9.17, 15) is 4.79 Å². The molecule has 0 amide bonds. The van der Waals surface area contributed by atoms with Crippen LogP contribution in [0.5, 0.6) is 0 Å². The van der Waals surface area contributed by atoms with Crippen LogP contribution in [-0.2, 0) is 20.8 Å². The van der Waals surface area contributed by atoms with Crippen molar-refractivity contribution in [2.24, 2.45) is 5.84 Å². The van der Waals surface area contributed by atoms with Gasteiger partial charge in [0.05, 0.1) is 19.6 Å². The highest BCUT2D eigenvalue weighted by atomic mass is 16.7. The molecule has 3 N–H and O–H groups in total. The maximum absolute atomic E-state index is 10.8. The number of hydrazine groups is 1. The number of ether oxygens (including phenoxy) is 1. The zero-order chi connectivity index (χ0) is 11.6. The lowest BCUT2D eigenvalue weighted by atomic mass is 10.3. The van der Waals surface area contributed by atoms with Crippen molar-refractivity contribution < 1.29 is 14.4 Å². The predicted molar refractivity (Wildman–Crippen MR) is 56.8 cm³/mol. The van der Waals surface area contributed by atoms with Crippen molar-refractivity contribution in [1.29, 1.82) is 0 Å². The maximum Gasteiger partial charge on any atom is 0.328 e. The summed E-state index contributed by atoms with van der Waals surface area (Å²) in [6.45, 7) is 0.841. The molecular formula is C10H15N3O3. The van der Waals surface area contributed by atoms with E-state index in [-0.39, 0.29) is 6.42 Å². The van der Waals surface area contributed by atoms with E-state index in [1.807, 2.05) is 23.8 Å². The van der Waals surface area contributed by atoms with E-state index in [0.717, 1.165) is 12.1 Å². The van der Waals surface area contributed by atoms with Gasteiger partial charge in [-0.25, -0.2) is 5.84 Å². The van der Waals surface area contributed by atoms with Gasteiger partial charge in [0.1, 0.15) is 0 Å². The van der Waals surface area contributed by atoms with Gasteiger partial charge < -0.3 is 9.57 Å². The summed E-state index contributed by atoms with van der Waals surface area (Å²) in [5.74, 6) is 4.35. The van der Waals surface area contributed by atoms with Gasteiger partial charge in [-0.05, 0) is 12.1 Å². The van der Waals surface area contributed by atoms with Gasteiger partial charge in [0.2, 0.25) is 0 Å². The molecule has 0 aliphatic heterocycles. The first-order chi connectivity index (χ1) is 7.83. The average Bonchev–Trinajstić information content (AvgIpc) is 2.30. The lowest BCUT2D eigenvalue weighted by Gasteiger charge is -2.03. The zero-order valence-corrected chi connectivity index (χ0v) is 8.89. The second-order valence-corrected chi connectivity index (χ2v) is 3.03. The van der Waals surface area contributed by atoms with Crippen LogP contribution in [-0.4, -0.2) is 24.2 Å². The van der Waals surface area contributed by atoms with E-state index in [1.54, 1.807) is 6.20 Å². The average molecular weight is 225 g/mol. The molecule has 16 heavy (non-hydrogen) atoms. The van der Waals surface area contributed by atoms with Gasteiger partial charge >= 0.3 is 5.97 Å². The Morgan fingerprint density at radius 1 is 1.44 bits per heavy atom. The molecule has 0 unspecified atom stereocenters. The predicted octanol–water partition coefficient (Wildman–Crippen LogP) is -0.0477. The zero-order valence-electron chi connectivity index (χ0n) is 8.89. The van der Waals surface area contributed by atoms with Crippen LogP contribution < -0.4 is 11.4 Å². The molecule has 1 rings (SSSR count). The summed E-state index contributed by atoms with van der Waals surface area (Å²) in [6, 6.07) is 5.71. The largest absolute Gasteiger partial charge is 0.380 e. The van der Waals surface area contributed by atoms with Crippen LogP contribution in [0.1, 0.15) is 12.1 Å². The molecule has 0 fully saturated rings. The summed E-state index contributed by atoms with van der Waals surface area (Å²) in [6.07, 6.45) is 2.64. The van der Waals surface area contributed by atoms with Crippen LogP contribution in [0.2, 0.25) is 0 Å². The minimum atomic E-state index is -0.444. The van der Waals surface area contributed by atoms with Crippen LogP contribution in [0.3, 0.4) is 0 Å². The fourth-order valence-electron chi connectivity index (χ4n) is 1.10. The molecule has 1 heterocycles. The van der Waals surface area contributed by atoms with Crippen molar-refractivity contribution in [1.82, 2.24) is 10.6 Å². The molecule has 6 nitrogen and oxygen atoms in total. The molecule has 0 saturated heterocycles. The van der Waals surface area contributed by atoms with Crippen LogP contribution >= 0.6 is 0 Å². The van der Waals surface area contributed by atoms with Gasteiger partial charge in [0, 0.05) is 18.3 Å². The molecular weight excluding hydrogens is 210 g/mol. The normalized spacial score (nSPS) is 10.1. The Morgan fingerprint density at radius 2 is 2.31 bits per heavy atom.